The van der Waals surface area contributed by atoms with Crippen molar-refractivity contribution in [3.8, 4) is 0 Å². The van der Waals surface area contributed by atoms with Crippen molar-refractivity contribution in [2.24, 2.45) is 0 Å². The minimum atomic E-state index is -4.25. The van der Waals surface area contributed by atoms with E-state index >= 15 is 0 Å². The molecule has 2 nitrogen and oxygen atoms in total. The third-order valence-corrected chi connectivity index (χ3v) is 3.05. The van der Waals surface area contributed by atoms with Crippen molar-refractivity contribution >= 4 is 17.7 Å². The SMILES string of the molecule is Cc1ccc(C(=O)O)cc1SCC(F)(F)F. The second kappa shape index (κ2) is 4.78. The zero-order valence-corrected chi connectivity index (χ0v) is 9.15. The molecule has 16 heavy (non-hydrogen) atoms. The van der Waals surface area contributed by atoms with E-state index < -0.39 is 17.9 Å². The summed E-state index contributed by atoms with van der Waals surface area (Å²) in [5.74, 6) is -2.16. The Bertz CT molecular complexity index is 402. The Hall–Kier alpha value is -1.17. The van der Waals surface area contributed by atoms with Crippen molar-refractivity contribution < 1.29 is 23.1 Å². The summed E-state index contributed by atoms with van der Waals surface area (Å²) in [6, 6.07) is 4.13. The van der Waals surface area contributed by atoms with Gasteiger partial charge >= 0.3 is 12.1 Å². The van der Waals surface area contributed by atoms with Gasteiger partial charge in [0.2, 0.25) is 0 Å². The predicted octanol–water partition coefficient (Wildman–Crippen LogP) is 3.35. The summed E-state index contributed by atoms with van der Waals surface area (Å²) in [5, 5.41) is 8.70. The lowest BCUT2D eigenvalue weighted by molar-refractivity contribution is -0.105. The van der Waals surface area contributed by atoms with Crippen molar-refractivity contribution in [1.82, 2.24) is 0 Å². The molecule has 1 N–H and O–H groups in total. The van der Waals surface area contributed by atoms with Gasteiger partial charge in [-0.3, -0.25) is 0 Å². The Morgan fingerprint density at radius 1 is 1.44 bits per heavy atom. The van der Waals surface area contributed by atoms with Gasteiger partial charge in [0, 0.05) is 4.90 Å². The van der Waals surface area contributed by atoms with Crippen LogP contribution in [-0.4, -0.2) is 23.0 Å². The lowest BCUT2D eigenvalue weighted by Gasteiger charge is -2.08. The molecule has 0 saturated heterocycles. The molecule has 0 aliphatic heterocycles. The summed E-state index contributed by atoms with van der Waals surface area (Å²) in [5.41, 5.74) is 0.634. The molecule has 1 aromatic carbocycles. The monoisotopic (exact) mass is 250 g/mol. The van der Waals surface area contributed by atoms with Crippen LogP contribution in [0.4, 0.5) is 13.2 Å². The zero-order chi connectivity index (χ0) is 12.3. The molecule has 1 rings (SSSR count). The van der Waals surface area contributed by atoms with Crippen LogP contribution in [0.5, 0.6) is 0 Å². The van der Waals surface area contributed by atoms with Crippen LogP contribution in [0, 0.1) is 6.92 Å². The van der Waals surface area contributed by atoms with Crippen LogP contribution in [0.15, 0.2) is 23.1 Å². The lowest BCUT2D eigenvalue weighted by Crippen LogP contribution is -2.10. The molecule has 0 spiro atoms. The van der Waals surface area contributed by atoms with Crippen LogP contribution >= 0.6 is 11.8 Å². The Balaban J connectivity index is 2.86. The first-order valence-electron chi connectivity index (χ1n) is 4.33. The normalized spacial score (nSPS) is 11.5. The lowest BCUT2D eigenvalue weighted by atomic mass is 10.1. The number of aryl methyl sites for hydroxylation is 1. The van der Waals surface area contributed by atoms with Crippen molar-refractivity contribution in [2.75, 3.05) is 5.75 Å². The highest BCUT2D eigenvalue weighted by Gasteiger charge is 2.27. The maximum Gasteiger partial charge on any atom is 0.398 e. The molecule has 0 aliphatic rings. The maximum atomic E-state index is 12.0. The molecular formula is C10H9F3O2S. The summed E-state index contributed by atoms with van der Waals surface area (Å²) in [4.78, 5) is 11.0. The van der Waals surface area contributed by atoms with Gasteiger partial charge in [-0.15, -0.1) is 11.8 Å². The van der Waals surface area contributed by atoms with Crippen molar-refractivity contribution in [3.05, 3.63) is 29.3 Å². The van der Waals surface area contributed by atoms with Crippen molar-refractivity contribution in [1.29, 1.82) is 0 Å². The molecule has 6 heteroatoms. The first-order chi connectivity index (χ1) is 7.29. The molecule has 0 aliphatic carbocycles. The van der Waals surface area contributed by atoms with Gasteiger partial charge in [0.15, 0.2) is 0 Å². The van der Waals surface area contributed by atoms with Crippen LogP contribution in [-0.2, 0) is 0 Å². The summed E-state index contributed by atoms with van der Waals surface area (Å²) < 4.78 is 36.0. The van der Waals surface area contributed by atoms with Gasteiger partial charge in [0.25, 0.3) is 0 Å². The summed E-state index contributed by atoms with van der Waals surface area (Å²) in [6.45, 7) is 1.64. The third kappa shape index (κ3) is 3.77. The number of rotatable bonds is 3. The molecule has 0 fully saturated rings. The van der Waals surface area contributed by atoms with Gasteiger partial charge in [0.05, 0.1) is 11.3 Å². The topological polar surface area (TPSA) is 37.3 Å². The quantitative estimate of drug-likeness (QED) is 0.836. The number of carboxylic acid groups (broad SMARTS) is 1. The fraction of sp³-hybridized carbons (Fsp3) is 0.300. The first kappa shape index (κ1) is 12.9. The molecule has 0 aromatic heterocycles. The largest absolute Gasteiger partial charge is 0.478 e. The van der Waals surface area contributed by atoms with E-state index in [0.29, 0.717) is 22.2 Å². The predicted molar refractivity (Wildman–Crippen MR) is 54.9 cm³/mol. The number of halogens is 3. The number of benzene rings is 1. The Labute approximate surface area is 94.5 Å². The highest BCUT2D eigenvalue weighted by molar-refractivity contribution is 7.99. The number of thioether (sulfide) groups is 1. The van der Waals surface area contributed by atoms with E-state index in [-0.39, 0.29) is 5.56 Å². The zero-order valence-electron chi connectivity index (χ0n) is 8.34. The molecule has 0 saturated carbocycles. The Morgan fingerprint density at radius 3 is 2.56 bits per heavy atom. The summed E-state index contributed by atoms with van der Waals surface area (Å²) in [6.07, 6.45) is -4.25. The fourth-order valence-electron chi connectivity index (χ4n) is 1.05. The van der Waals surface area contributed by atoms with Gasteiger partial charge in [-0.25, -0.2) is 4.79 Å². The highest BCUT2D eigenvalue weighted by atomic mass is 32.2. The maximum absolute atomic E-state index is 12.0. The first-order valence-corrected chi connectivity index (χ1v) is 5.31. The molecular weight excluding hydrogens is 241 g/mol. The average Bonchev–Trinajstić information content (AvgIpc) is 2.14. The third-order valence-electron chi connectivity index (χ3n) is 1.83. The van der Waals surface area contributed by atoms with E-state index in [4.69, 9.17) is 5.11 Å². The molecule has 0 atom stereocenters. The van der Waals surface area contributed by atoms with E-state index in [1.165, 1.54) is 18.2 Å². The van der Waals surface area contributed by atoms with Gasteiger partial charge in [-0.1, -0.05) is 6.07 Å². The van der Waals surface area contributed by atoms with Crippen molar-refractivity contribution in [2.45, 2.75) is 18.0 Å². The number of hydrogen-bond donors (Lipinski definition) is 1. The summed E-state index contributed by atoms with van der Waals surface area (Å²) in [7, 11) is 0. The smallest absolute Gasteiger partial charge is 0.398 e. The van der Waals surface area contributed by atoms with E-state index in [1.807, 2.05) is 0 Å². The number of alkyl halides is 3. The van der Waals surface area contributed by atoms with E-state index in [0.717, 1.165) is 0 Å². The number of carbonyl (C=O) groups is 1. The average molecular weight is 250 g/mol. The summed E-state index contributed by atoms with van der Waals surface area (Å²) >= 11 is 0.597. The van der Waals surface area contributed by atoms with Gasteiger partial charge in [0.1, 0.15) is 0 Å². The highest BCUT2D eigenvalue weighted by Crippen LogP contribution is 2.29. The second-order valence-electron chi connectivity index (χ2n) is 3.19. The van der Waals surface area contributed by atoms with E-state index in [2.05, 4.69) is 0 Å². The van der Waals surface area contributed by atoms with Crippen LogP contribution in [0.1, 0.15) is 15.9 Å². The number of hydrogen-bond acceptors (Lipinski definition) is 2. The van der Waals surface area contributed by atoms with Gasteiger partial charge in [-0.2, -0.15) is 13.2 Å². The minimum absolute atomic E-state index is 0.00438. The molecule has 0 unspecified atom stereocenters. The Morgan fingerprint density at radius 2 is 2.06 bits per heavy atom. The molecule has 0 bridgehead atoms. The van der Waals surface area contributed by atoms with Gasteiger partial charge in [-0.05, 0) is 24.6 Å². The number of carboxylic acids is 1. The van der Waals surface area contributed by atoms with Crippen LogP contribution in [0.25, 0.3) is 0 Å². The molecule has 88 valence electrons. The van der Waals surface area contributed by atoms with Crippen LogP contribution in [0.2, 0.25) is 0 Å². The molecule has 0 heterocycles. The number of aromatic carboxylic acids is 1. The van der Waals surface area contributed by atoms with Gasteiger partial charge < -0.3 is 5.11 Å². The molecule has 0 amide bonds. The van der Waals surface area contributed by atoms with E-state index in [9.17, 15) is 18.0 Å². The second-order valence-corrected chi connectivity index (χ2v) is 4.21. The molecule has 1 aromatic rings. The molecule has 0 radical (unpaired) electrons. The van der Waals surface area contributed by atoms with E-state index in [1.54, 1.807) is 6.92 Å². The fourth-order valence-corrected chi connectivity index (χ4v) is 1.87. The van der Waals surface area contributed by atoms with Crippen molar-refractivity contribution in [3.63, 3.8) is 0 Å². The standard InChI is InChI=1S/C10H9F3O2S/c1-6-2-3-7(9(14)15)4-8(6)16-5-10(11,12)13/h2-4H,5H2,1H3,(H,14,15). The van der Waals surface area contributed by atoms with Crippen LogP contribution < -0.4 is 0 Å². The van der Waals surface area contributed by atoms with Crippen LogP contribution in [0.3, 0.4) is 0 Å². The Kier molecular flexibility index (Phi) is 3.85. The minimum Gasteiger partial charge on any atom is -0.478 e.